The van der Waals surface area contributed by atoms with Crippen molar-refractivity contribution in [3.63, 3.8) is 0 Å². The molecule has 0 bridgehead atoms. The summed E-state index contributed by atoms with van der Waals surface area (Å²) in [5.74, 6) is 3.27. The second kappa shape index (κ2) is 2.35. The van der Waals surface area contributed by atoms with E-state index in [2.05, 4.69) is 16.0 Å². The van der Waals surface area contributed by atoms with E-state index in [0.717, 1.165) is 17.0 Å². The Morgan fingerprint density at radius 1 is 1.50 bits per heavy atom. The molecular formula is C9H7N3. The Labute approximate surface area is 70.1 Å². The lowest BCUT2D eigenvalue weighted by Gasteiger charge is -1.95. The van der Waals surface area contributed by atoms with Gasteiger partial charge < -0.3 is 0 Å². The van der Waals surface area contributed by atoms with Crippen LogP contribution in [0.5, 0.6) is 0 Å². The van der Waals surface area contributed by atoms with E-state index in [1.807, 2.05) is 19.1 Å². The number of nitrogens with zero attached hydrogens (tertiary/aromatic N) is 3. The molecule has 12 heavy (non-hydrogen) atoms. The summed E-state index contributed by atoms with van der Waals surface area (Å²) in [6.45, 7) is 1.83. The fourth-order valence-corrected chi connectivity index (χ4v) is 1.09. The van der Waals surface area contributed by atoms with Crippen LogP contribution in [0, 0.1) is 19.3 Å². The van der Waals surface area contributed by atoms with Crippen LogP contribution in [0.3, 0.4) is 0 Å². The summed E-state index contributed by atoms with van der Waals surface area (Å²) in [5.41, 5.74) is 1.68. The number of terminal acetylenes is 1. The highest BCUT2D eigenvalue weighted by Gasteiger charge is 1.99. The second-order valence-electron chi connectivity index (χ2n) is 2.50. The van der Waals surface area contributed by atoms with E-state index in [0.29, 0.717) is 0 Å². The highest BCUT2D eigenvalue weighted by atomic mass is 15.2. The van der Waals surface area contributed by atoms with Crippen LogP contribution in [0.15, 0.2) is 18.3 Å². The summed E-state index contributed by atoms with van der Waals surface area (Å²) < 4.78 is 1.71. The van der Waals surface area contributed by atoms with E-state index in [1.54, 1.807) is 10.7 Å². The highest BCUT2D eigenvalue weighted by Crippen LogP contribution is 2.05. The van der Waals surface area contributed by atoms with Gasteiger partial charge in [0.2, 0.25) is 0 Å². The molecule has 0 aliphatic rings. The van der Waals surface area contributed by atoms with Crippen molar-refractivity contribution in [1.82, 2.24) is 14.6 Å². The lowest BCUT2D eigenvalue weighted by Crippen LogP contribution is -1.98. The van der Waals surface area contributed by atoms with E-state index < -0.39 is 0 Å². The van der Waals surface area contributed by atoms with Crippen LogP contribution >= 0.6 is 0 Å². The largest absolute Gasteiger partial charge is 0.238 e. The summed E-state index contributed by atoms with van der Waals surface area (Å²) in [7, 11) is 0. The van der Waals surface area contributed by atoms with Gasteiger partial charge in [-0.1, -0.05) is 5.92 Å². The standard InChI is InChI=1S/C9H7N3/c1-3-8-4-5-9-6-10-7(2)11-12(8)9/h1,4-6H,2H3. The molecule has 3 nitrogen and oxygen atoms in total. The molecule has 2 rings (SSSR count). The zero-order valence-corrected chi connectivity index (χ0v) is 6.65. The summed E-state index contributed by atoms with van der Waals surface area (Å²) >= 11 is 0. The molecule has 0 aliphatic heterocycles. The fraction of sp³-hybridized carbons (Fsp3) is 0.111. The van der Waals surface area contributed by atoms with Crippen molar-refractivity contribution in [2.45, 2.75) is 6.92 Å². The van der Waals surface area contributed by atoms with Crippen LogP contribution in [0.4, 0.5) is 0 Å². The molecule has 0 spiro atoms. The maximum absolute atomic E-state index is 5.28. The quantitative estimate of drug-likeness (QED) is 0.534. The Bertz CT molecular complexity index is 462. The van der Waals surface area contributed by atoms with Gasteiger partial charge in [-0.2, -0.15) is 5.10 Å². The molecular weight excluding hydrogens is 150 g/mol. The fourth-order valence-electron chi connectivity index (χ4n) is 1.09. The molecule has 0 amide bonds. The van der Waals surface area contributed by atoms with Gasteiger partial charge >= 0.3 is 0 Å². The van der Waals surface area contributed by atoms with E-state index in [1.165, 1.54) is 0 Å². The third kappa shape index (κ3) is 0.857. The zero-order valence-electron chi connectivity index (χ0n) is 6.65. The monoisotopic (exact) mass is 157 g/mol. The number of hydrogen-bond acceptors (Lipinski definition) is 2. The first-order valence-corrected chi connectivity index (χ1v) is 3.59. The minimum absolute atomic E-state index is 0.718. The van der Waals surface area contributed by atoms with Crippen LogP contribution in [-0.4, -0.2) is 14.6 Å². The van der Waals surface area contributed by atoms with Gasteiger partial charge in [0, 0.05) is 0 Å². The zero-order chi connectivity index (χ0) is 8.55. The Hall–Kier alpha value is -1.82. The number of fused-ring (bicyclic) bond motifs is 1. The van der Waals surface area contributed by atoms with Crippen LogP contribution in [-0.2, 0) is 0 Å². The van der Waals surface area contributed by atoms with Gasteiger partial charge in [-0.25, -0.2) is 9.50 Å². The van der Waals surface area contributed by atoms with Crippen molar-refractivity contribution in [2.75, 3.05) is 0 Å². The molecule has 0 fully saturated rings. The molecule has 2 aromatic rings. The topological polar surface area (TPSA) is 30.2 Å². The maximum Gasteiger partial charge on any atom is 0.146 e. The van der Waals surface area contributed by atoms with Gasteiger partial charge in [-0.05, 0) is 19.1 Å². The Kier molecular flexibility index (Phi) is 1.34. The predicted octanol–water partition coefficient (Wildman–Crippen LogP) is 1.02. The van der Waals surface area contributed by atoms with Crippen molar-refractivity contribution in [2.24, 2.45) is 0 Å². The van der Waals surface area contributed by atoms with Crippen molar-refractivity contribution in [3.05, 3.63) is 29.8 Å². The third-order valence-electron chi connectivity index (χ3n) is 1.66. The second-order valence-corrected chi connectivity index (χ2v) is 2.50. The van der Waals surface area contributed by atoms with Gasteiger partial charge in [0.15, 0.2) is 0 Å². The van der Waals surface area contributed by atoms with Crippen molar-refractivity contribution in [3.8, 4) is 12.3 Å². The molecule has 0 unspecified atom stereocenters. The van der Waals surface area contributed by atoms with E-state index in [-0.39, 0.29) is 0 Å². The first-order chi connectivity index (χ1) is 5.81. The minimum atomic E-state index is 0.718. The Morgan fingerprint density at radius 2 is 2.33 bits per heavy atom. The molecule has 0 N–H and O–H groups in total. The maximum atomic E-state index is 5.28. The molecule has 0 aromatic carbocycles. The van der Waals surface area contributed by atoms with Crippen molar-refractivity contribution < 1.29 is 0 Å². The Morgan fingerprint density at radius 3 is 3.08 bits per heavy atom. The lowest BCUT2D eigenvalue weighted by molar-refractivity contribution is 0.848. The number of rotatable bonds is 0. The summed E-state index contributed by atoms with van der Waals surface area (Å²) in [6.07, 6.45) is 7.03. The van der Waals surface area contributed by atoms with Gasteiger partial charge in [0.25, 0.3) is 0 Å². The molecule has 3 heteroatoms. The molecule has 58 valence electrons. The summed E-state index contributed by atoms with van der Waals surface area (Å²) in [5, 5.41) is 4.17. The van der Waals surface area contributed by atoms with E-state index in [9.17, 15) is 0 Å². The van der Waals surface area contributed by atoms with Crippen LogP contribution in [0.1, 0.15) is 11.5 Å². The number of aryl methyl sites for hydroxylation is 1. The first-order valence-electron chi connectivity index (χ1n) is 3.59. The van der Waals surface area contributed by atoms with Crippen molar-refractivity contribution >= 4 is 5.52 Å². The average Bonchev–Trinajstić information content (AvgIpc) is 2.46. The first kappa shape index (κ1) is 6.86. The molecule has 0 aliphatic carbocycles. The van der Waals surface area contributed by atoms with Crippen LogP contribution in [0.25, 0.3) is 5.52 Å². The molecule has 0 saturated carbocycles. The molecule has 0 saturated heterocycles. The van der Waals surface area contributed by atoms with Gasteiger partial charge in [-0.3, -0.25) is 0 Å². The predicted molar refractivity (Wildman–Crippen MR) is 45.7 cm³/mol. The summed E-state index contributed by atoms with van der Waals surface area (Å²) in [6, 6.07) is 3.75. The van der Waals surface area contributed by atoms with Crippen LogP contribution in [0.2, 0.25) is 0 Å². The number of hydrogen-bond donors (Lipinski definition) is 0. The molecule has 0 radical (unpaired) electrons. The summed E-state index contributed by atoms with van der Waals surface area (Å²) in [4.78, 5) is 4.05. The van der Waals surface area contributed by atoms with E-state index in [4.69, 9.17) is 6.42 Å². The van der Waals surface area contributed by atoms with Gasteiger partial charge in [-0.15, -0.1) is 6.42 Å². The van der Waals surface area contributed by atoms with E-state index >= 15 is 0 Å². The van der Waals surface area contributed by atoms with Crippen LogP contribution < -0.4 is 0 Å². The molecule has 0 atom stereocenters. The van der Waals surface area contributed by atoms with Crippen molar-refractivity contribution in [1.29, 1.82) is 0 Å². The normalized spacial score (nSPS) is 10.0. The molecule has 2 aromatic heterocycles. The lowest BCUT2D eigenvalue weighted by atomic mass is 10.4. The highest BCUT2D eigenvalue weighted by molar-refractivity contribution is 5.49. The third-order valence-corrected chi connectivity index (χ3v) is 1.66. The Balaban J connectivity index is 2.86. The van der Waals surface area contributed by atoms with Gasteiger partial charge in [0.05, 0.1) is 11.7 Å². The van der Waals surface area contributed by atoms with Gasteiger partial charge in [0.1, 0.15) is 11.5 Å². The SMILES string of the molecule is C#Cc1ccc2cnc(C)nn12. The number of aromatic nitrogens is 3. The average molecular weight is 157 g/mol. The minimum Gasteiger partial charge on any atom is -0.238 e. The molecule has 2 heterocycles. The smallest absolute Gasteiger partial charge is 0.146 e.